The molecule has 4 heteroatoms. The molecule has 0 saturated carbocycles. The summed E-state index contributed by atoms with van der Waals surface area (Å²) in [7, 11) is 5.55. The molecule has 2 aliphatic carbocycles. The number of ether oxygens (including phenoxy) is 2. The largest absolute Gasteiger partial charge is 0.493 e. The van der Waals surface area contributed by atoms with E-state index in [1.807, 2.05) is 12.2 Å². The van der Waals surface area contributed by atoms with E-state index in [4.69, 9.17) is 9.47 Å². The summed E-state index contributed by atoms with van der Waals surface area (Å²) in [5.41, 5.74) is 3.60. The Hall–Kier alpha value is -2.07. The van der Waals surface area contributed by atoms with Crippen LogP contribution in [0.3, 0.4) is 0 Å². The number of carbonyl (C=O) groups excluding carboxylic acids is 1. The van der Waals surface area contributed by atoms with Crippen LogP contribution in [0.25, 0.3) is 0 Å². The average molecular weight is 311 g/mol. The number of carbonyl (C=O) groups is 1. The lowest BCUT2D eigenvalue weighted by molar-refractivity contribution is -0.110. The van der Waals surface area contributed by atoms with E-state index in [0.717, 1.165) is 30.9 Å². The summed E-state index contributed by atoms with van der Waals surface area (Å²) in [6.07, 6.45) is 9.40. The maximum atomic E-state index is 11.6. The Labute approximate surface area is 136 Å². The van der Waals surface area contributed by atoms with Crippen LogP contribution >= 0.6 is 0 Å². The van der Waals surface area contributed by atoms with Crippen molar-refractivity contribution in [1.82, 2.24) is 4.90 Å². The molecule has 4 rings (SSSR count). The van der Waals surface area contributed by atoms with Crippen molar-refractivity contribution in [1.29, 1.82) is 0 Å². The van der Waals surface area contributed by atoms with Gasteiger partial charge in [0.1, 0.15) is 0 Å². The highest BCUT2D eigenvalue weighted by Crippen LogP contribution is 2.58. The van der Waals surface area contributed by atoms with Crippen molar-refractivity contribution < 1.29 is 14.3 Å². The van der Waals surface area contributed by atoms with E-state index in [-0.39, 0.29) is 11.2 Å². The predicted molar refractivity (Wildman–Crippen MR) is 88.2 cm³/mol. The lowest BCUT2D eigenvalue weighted by Crippen LogP contribution is -2.31. The van der Waals surface area contributed by atoms with Crippen molar-refractivity contribution in [3.05, 3.63) is 47.1 Å². The molecule has 1 aromatic carbocycles. The van der Waals surface area contributed by atoms with E-state index in [0.29, 0.717) is 6.04 Å². The lowest BCUT2D eigenvalue weighted by atomic mass is 9.77. The molecule has 1 unspecified atom stereocenters. The Morgan fingerprint density at radius 1 is 1.22 bits per heavy atom. The fraction of sp³-hybridized carbons (Fsp3) is 0.421. The third-order valence-corrected chi connectivity index (χ3v) is 5.48. The molecule has 0 N–H and O–H groups in total. The summed E-state index contributed by atoms with van der Waals surface area (Å²) in [5.74, 6) is 1.63. The first-order valence-corrected chi connectivity index (χ1v) is 8.00. The van der Waals surface area contributed by atoms with Gasteiger partial charge < -0.3 is 9.47 Å². The normalized spacial score (nSPS) is 24.1. The fourth-order valence-corrected chi connectivity index (χ4v) is 4.34. The van der Waals surface area contributed by atoms with Crippen molar-refractivity contribution >= 4 is 5.78 Å². The van der Waals surface area contributed by atoms with Crippen LogP contribution in [0.15, 0.2) is 30.4 Å². The molecule has 0 fully saturated rings. The number of ketones is 1. The molecular weight excluding hydrogens is 290 g/mol. The van der Waals surface area contributed by atoms with Gasteiger partial charge in [-0.2, -0.15) is 0 Å². The highest BCUT2D eigenvalue weighted by molar-refractivity contribution is 6.01. The molecule has 1 atom stereocenters. The summed E-state index contributed by atoms with van der Waals surface area (Å²) in [5, 5.41) is 0. The maximum Gasteiger partial charge on any atom is 0.178 e. The van der Waals surface area contributed by atoms with Gasteiger partial charge in [0.15, 0.2) is 17.3 Å². The van der Waals surface area contributed by atoms with E-state index in [9.17, 15) is 4.79 Å². The summed E-state index contributed by atoms with van der Waals surface area (Å²) < 4.78 is 11.3. The minimum absolute atomic E-state index is 0.0472. The van der Waals surface area contributed by atoms with Crippen LogP contribution < -0.4 is 9.47 Å². The van der Waals surface area contributed by atoms with Crippen molar-refractivity contribution in [2.45, 2.75) is 24.3 Å². The number of allylic oxidation sites excluding steroid dienone is 4. The second-order valence-corrected chi connectivity index (χ2v) is 6.62. The molecule has 1 heterocycles. The number of nitrogens with zero attached hydrogens (tertiary/aromatic N) is 1. The minimum Gasteiger partial charge on any atom is -0.493 e. The number of rotatable bonds is 2. The zero-order valence-corrected chi connectivity index (χ0v) is 13.8. The van der Waals surface area contributed by atoms with Crippen LogP contribution in [-0.2, 0) is 16.6 Å². The van der Waals surface area contributed by atoms with Gasteiger partial charge in [0.2, 0.25) is 0 Å². The van der Waals surface area contributed by atoms with Gasteiger partial charge in [-0.3, -0.25) is 9.69 Å². The number of methoxy groups -OCH3 is 2. The van der Waals surface area contributed by atoms with E-state index < -0.39 is 0 Å². The van der Waals surface area contributed by atoms with Crippen LogP contribution in [0, 0.1) is 0 Å². The van der Waals surface area contributed by atoms with Crippen molar-refractivity contribution in [2.24, 2.45) is 0 Å². The third kappa shape index (κ3) is 1.91. The Kier molecular flexibility index (Phi) is 3.13. The van der Waals surface area contributed by atoms with Crippen molar-refractivity contribution in [3.63, 3.8) is 0 Å². The summed E-state index contributed by atoms with van der Waals surface area (Å²) in [6, 6.07) is 2.48. The third-order valence-electron chi connectivity index (χ3n) is 5.48. The molecular formula is C19H21NO3. The fourth-order valence-electron chi connectivity index (χ4n) is 4.34. The zero-order chi connectivity index (χ0) is 16.2. The van der Waals surface area contributed by atoms with Crippen LogP contribution in [0.2, 0.25) is 0 Å². The lowest BCUT2D eigenvalue weighted by Gasteiger charge is -2.32. The topological polar surface area (TPSA) is 38.8 Å². The van der Waals surface area contributed by atoms with Gasteiger partial charge in [-0.15, -0.1) is 0 Å². The number of likely N-dealkylation sites (N-methyl/N-ethyl adjacent to an activating group) is 1. The Morgan fingerprint density at radius 2 is 1.96 bits per heavy atom. The van der Waals surface area contributed by atoms with Gasteiger partial charge in [0.05, 0.1) is 14.2 Å². The standard InChI is InChI=1S/C19H21NO3/c1-20-9-6-12-10-15(22-2)18(23-3)17-16(12)14(20)11-19(17)7-4-13(21)5-8-19/h4-5,7-8,10,14H,6,9,11H2,1-3H3. The first-order valence-electron chi connectivity index (χ1n) is 8.00. The van der Waals surface area contributed by atoms with Gasteiger partial charge in [0.25, 0.3) is 0 Å². The van der Waals surface area contributed by atoms with Gasteiger partial charge in [-0.25, -0.2) is 0 Å². The molecule has 1 aliphatic heterocycles. The second kappa shape index (κ2) is 4.96. The van der Waals surface area contributed by atoms with Gasteiger partial charge in [0, 0.05) is 23.6 Å². The number of hydrogen-bond acceptors (Lipinski definition) is 4. The average Bonchev–Trinajstić information content (AvgIpc) is 2.90. The monoisotopic (exact) mass is 311 g/mol. The van der Waals surface area contributed by atoms with E-state index in [1.165, 1.54) is 16.7 Å². The first-order chi connectivity index (χ1) is 11.1. The molecule has 0 saturated heterocycles. The molecule has 0 bridgehead atoms. The zero-order valence-electron chi connectivity index (χ0n) is 13.8. The highest BCUT2D eigenvalue weighted by Gasteiger charge is 2.48. The SMILES string of the molecule is COc1cc2c3c(c1OC)C1(C=CC(=O)C=C1)CC3N(C)CC2. The highest BCUT2D eigenvalue weighted by atomic mass is 16.5. The summed E-state index contributed by atoms with van der Waals surface area (Å²) in [6.45, 7) is 1.04. The quantitative estimate of drug-likeness (QED) is 0.841. The second-order valence-electron chi connectivity index (χ2n) is 6.62. The Bertz CT molecular complexity index is 731. The molecule has 0 radical (unpaired) electrons. The van der Waals surface area contributed by atoms with Gasteiger partial charge in [-0.05, 0) is 49.2 Å². The van der Waals surface area contributed by atoms with Crippen LogP contribution in [0.1, 0.15) is 29.2 Å². The molecule has 1 aromatic rings. The summed E-state index contributed by atoms with van der Waals surface area (Å²) >= 11 is 0. The van der Waals surface area contributed by atoms with Crippen LogP contribution in [-0.4, -0.2) is 38.5 Å². The molecule has 1 spiro atoms. The van der Waals surface area contributed by atoms with Crippen LogP contribution in [0.4, 0.5) is 0 Å². The number of benzene rings is 1. The van der Waals surface area contributed by atoms with E-state index in [2.05, 4.69) is 18.0 Å². The number of hydrogen-bond donors (Lipinski definition) is 0. The Morgan fingerprint density at radius 3 is 2.61 bits per heavy atom. The molecule has 120 valence electrons. The summed E-state index contributed by atoms with van der Waals surface area (Å²) in [4.78, 5) is 14.1. The minimum atomic E-state index is -0.277. The molecule has 0 amide bonds. The smallest absolute Gasteiger partial charge is 0.178 e. The van der Waals surface area contributed by atoms with Crippen LogP contribution in [0.5, 0.6) is 11.5 Å². The van der Waals surface area contributed by atoms with Crippen molar-refractivity contribution in [2.75, 3.05) is 27.8 Å². The maximum absolute atomic E-state index is 11.6. The van der Waals surface area contributed by atoms with E-state index in [1.54, 1.807) is 26.4 Å². The number of fused-ring (bicyclic) bond motifs is 1. The van der Waals surface area contributed by atoms with E-state index >= 15 is 0 Å². The molecule has 23 heavy (non-hydrogen) atoms. The Balaban J connectivity index is 2.02. The predicted octanol–water partition coefficient (Wildman–Crippen LogP) is 2.57. The van der Waals surface area contributed by atoms with Gasteiger partial charge in [-0.1, -0.05) is 12.2 Å². The molecule has 3 aliphatic rings. The van der Waals surface area contributed by atoms with Gasteiger partial charge >= 0.3 is 0 Å². The van der Waals surface area contributed by atoms with Crippen molar-refractivity contribution in [3.8, 4) is 11.5 Å². The molecule has 4 nitrogen and oxygen atoms in total. The first kappa shape index (κ1) is 14.5. The molecule has 0 aromatic heterocycles.